The average Bonchev–Trinajstić information content (AvgIpc) is 3.36. The van der Waals surface area contributed by atoms with Gasteiger partial charge in [0.2, 0.25) is 0 Å². The van der Waals surface area contributed by atoms with E-state index in [1.165, 1.54) is 0 Å². The molecule has 0 saturated carbocycles. The summed E-state index contributed by atoms with van der Waals surface area (Å²) in [5.74, 6) is -0.707. The van der Waals surface area contributed by atoms with Gasteiger partial charge in [-0.1, -0.05) is 42.5 Å². The first-order valence-electron chi connectivity index (χ1n) is 10.7. The number of guanidine groups is 1. The first-order chi connectivity index (χ1) is 16.5. The van der Waals surface area contributed by atoms with Crippen LogP contribution in [0.4, 0.5) is 11.4 Å². The molecule has 1 heterocycles. The maximum atomic E-state index is 13.5. The number of carboxylic acids is 1. The predicted molar refractivity (Wildman–Crippen MR) is 133 cm³/mol. The lowest BCUT2D eigenvalue weighted by molar-refractivity contribution is -0.137. The Morgan fingerprint density at radius 2 is 1.71 bits per heavy atom. The van der Waals surface area contributed by atoms with Gasteiger partial charge in [-0.05, 0) is 42.0 Å². The highest BCUT2D eigenvalue weighted by atomic mass is 32.2. The van der Waals surface area contributed by atoms with Crippen molar-refractivity contribution in [3.8, 4) is 0 Å². The van der Waals surface area contributed by atoms with E-state index < -0.39 is 22.0 Å². The number of carbonyl (C=O) groups is 2. The standard InChI is InChI=1S/C25H24N4O4S/c30-23(31)16-22(17-6-2-1-3-7-17)34(33)21-9-5-4-8-20(21)29-24(32)18-10-12-19(13-11-18)28-25-26-14-15-27-25/h1-13,22H,14-16H2,(H,29,32)(H,30,31)(H2,26,27,28). The number of para-hydroxylation sites is 1. The molecular formula is C25H24N4O4S. The monoisotopic (exact) mass is 476 g/mol. The van der Waals surface area contributed by atoms with Crippen LogP contribution in [0.15, 0.2) is 88.8 Å². The summed E-state index contributed by atoms with van der Waals surface area (Å²) in [4.78, 5) is 29.0. The maximum Gasteiger partial charge on any atom is 0.304 e. The Bertz CT molecular complexity index is 1230. The van der Waals surface area contributed by atoms with E-state index in [4.69, 9.17) is 0 Å². The second-order valence-electron chi connectivity index (χ2n) is 7.60. The number of hydrogen-bond acceptors (Lipinski definition) is 6. The van der Waals surface area contributed by atoms with Gasteiger partial charge < -0.3 is 21.1 Å². The highest BCUT2D eigenvalue weighted by Crippen LogP contribution is 2.32. The Balaban J connectivity index is 1.53. The molecule has 8 nitrogen and oxygen atoms in total. The number of hydrogen-bond donors (Lipinski definition) is 4. The lowest BCUT2D eigenvalue weighted by Gasteiger charge is -2.18. The third kappa shape index (κ3) is 5.68. The minimum atomic E-state index is -1.71. The second-order valence-corrected chi connectivity index (χ2v) is 9.21. The van der Waals surface area contributed by atoms with Crippen LogP contribution in [-0.4, -0.2) is 40.2 Å². The van der Waals surface area contributed by atoms with E-state index in [9.17, 15) is 18.9 Å². The third-order valence-electron chi connectivity index (χ3n) is 5.23. The highest BCUT2D eigenvalue weighted by Gasteiger charge is 2.25. The Kier molecular flexibility index (Phi) is 7.34. The van der Waals surface area contributed by atoms with E-state index in [2.05, 4.69) is 20.9 Å². The predicted octanol–water partition coefficient (Wildman–Crippen LogP) is 3.63. The number of amides is 1. The van der Waals surface area contributed by atoms with Gasteiger partial charge in [0.25, 0.3) is 5.91 Å². The fraction of sp³-hybridized carbons (Fsp3) is 0.160. The van der Waals surface area contributed by atoms with Gasteiger partial charge in [-0.25, -0.2) is 0 Å². The van der Waals surface area contributed by atoms with Crippen LogP contribution in [0, 0.1) is 0 Å². The molecule has 0 aromatic heterocycles. The molecule has 0 saturated heterocycles. The van der Waals surface area contributed by atoms with E-state index in [1.807, 2.05) is 6.07 Å². The summed E-state index contributed by atoms with van der Waals surface area (Å²) in [7, 11) is -1.71. The van der Waals surface area contributed by atoms with E-state index in [1.54, 1.807) is 72.8 Å². The van der Waals surface area contributed by atoms with Crippen LogP contribution in [0.5, 0.6) is 0 Å². The third-order valence-corrected chi connectivity index (χ3v) is 6.97. The molecule has 0 radical (unpaired) electrons. The summed E-state index contributed by atoms with van der Waals surface area (Å²) in [5.41, 5.74) is 2.26. The van der Waals surface area contributed by atoms with Crippen LogP contribution in [0.3, 0.4) is 0 Å². The highest BCUT2D eigenvalue weighted by molar-refractivity contribution is 7.85. The van der Waals surface area contributed by atoms with Crippen molar-refractivity contribution in [2.75, 3.05) is 23.7 Å². The molecule has 2 unspecified atom stereocenters. The van der Waals surface area contributed by atoms with E-state index in [0.29, 0.717) is 27.7 Å². The molecule has 4 N–H and O–H groups in total. The quantitative estimate of drug-likeness (QED) is 0.394. The summed E-state index contributed by atoms with van der Waals surface area (Å²) >= 11 is 0. The van der Waals surface area contributed by atoms with Crippen molar-refractivity contribution in [3.63, 3.8) is 0 Å². The normalized spacial score (nSPS) is 14.4. The van der Waals surface area contributed by atoms with Crippen molar-refractivity contribution < 1.29 is 18.9 Å². The SMILES string of the molecule is O=C(O)CC(c1ccccc1)S(=O)c1ccccc1NC(=O)c1ccc(NC2=NCCN2)cc1. The van der Waals surface area contributed by atoms with Gasteiger partial charge in [0.1, 0.15) is 0 Å². The van der Waals surface area contributed by atoms with Crippen LogP contribution >= 0.6 is 0 Å². The number of benzene rings is 3. The smallest absolute Gasteiger partial charge is 0.304 e. The number of carbonyl (C=O) groups excluding carboxylic acids is 1. The van der Waals surface area contributed by atoms with Gasteiger partial charge in [-0.3, -0.25) is 18.8 Å². The molecule has 9 heteroatoms. The van der Waals surface area contributed by atoms with Crippen molar-refractivity contribution in [2.24, 2.45) is 4.99 Å². The zero-order valence-electron chi connectivity index (χ0n) is 18.2. The molecule has 4 rings (SSSR count). The van der Waals surface area contributed by atoms with Crippen molar-refractivity contribution in [1.29, 1.82) is 0 Å². The van der Waals surface area contributed by atoms with Crippen LogP contribution in [0.1, 0.15) is 27.6 Å². The van der Waals surface area contributed by atoms with Gasteiger partial charge in [-0.2, -0.15) is 0 Å². The van der Waals surface area contributed by atoms with Crippen molar-refractivity contribution >= 4 is 40.0 Å². The first kappa shape index (κ1) is 23.2. The Hall–Kier alpha value is -3.98. The van der Waals surface area contributed by atoms with Crippen molar-refractivity contribution in [2.45, 2.75) is 16.6 Å². The Morgan fingerprint density at radius 3 is 2.38 bits per heavy atom. The Morgan fingerprint density at radius 1 is 1.00 bits per heavy atom. The number of aliphatic imine (C=N–C) groups is 1. The van der Waals surface area contributed by atoms with Gasteiger partial charge in [0, 0.05) is 17.8 Å². The topological polar surface area (TPSA) is 120 Å². The summed E-state index contributed by atoms with van der Waals surface area (Å²) in [5, 5.41) is 17.7. The van der Waals surface area contributed by atoms with Crippen molar-refractivity contribution in [1.82, 2.24) is 5.32 Å². The number of carboxylic acid groups (broad SMARTS) is 1. The average molecular weight is 477 g/mol. The minimum Gasteiger partial charge on any atom is -0.481 e. The molecule has 3 aromatic carbocycles. The number of nitrogens with one attached hydrogen (secondary N) is 3. The molecule has 3 aromatic rings. The molecule has 0 bridgehead atoms. The van der Waals surface area contributed by atoms with Crippen LogP contribution in [0.25, 0.3) is 0 Å². The van der Waals surface area contributed by atoms with Gasteiger partial charge >= 0.3 is 5.97 Å². The second kappa shape index (κ2) is 10.8. The minimum absolute atomic E-state index is 0.298. The van der Waals surface area contributed by atoms with Gasteiger partial charge in [0.15, 0.2) is 5.96 Å². The number of rotatable bonds is 8. The van der Waals surface area contributed by atoms with Gasteiger partial charge in [0.05, 0.1) is 39.6 Å². The van der Waals surface area contributed by atoms with Crippen LogP contribution in [-0.2, 0) is 15.6 Å². The number of aliphatic carboxylic acids is 1. The molecule has 1 aliphatic rings. The summed E-state index contributed by atoms with van der Waals surface area (Å²) < 4.78 is 13.5. The molecule has 1 aliphatic heterocycles. The van der Waals surface area contributed by atoms with Crippen molar-refractivity contribution in [3.05, 3.63) is 90.0 Å². The molecule has 34 heavy (non-hydrogen) atoms. The molecule has 0 fully saturated rings. The number of anilines is 2. The zero-order chi connectivity index (χ0) is 23.9. The molecule has 174 valence electrons. The molecule has 2 atom stereocenters. The maximum absolute atomic E-state index is 13.5. The van der Waals surface area contributed by atoms with Crippen LogP contribution < -0.4 is 16.0 Å². The molecule has 1 amide bonds. The first-order valence-corrected chi connectivity index (χ1v) is 12.0. The van der Waals surface area contributed by atoms with Gasteiger partial charge in [-0.15, -0.1) is 0 Å². The fourth-order valence-electron chi connectivity index (χ4n) is 3.56. The summed E-state index contributed by atoms with van der Waals surface area (Å²) in [6.07, 6.45) is -0.298. The lowest BCUT2D eigenvalue weighted by Crippen LogP contribution is -2.26. The summed E-state index contributed by atoms with van der Waals surface area (Å²) in [6, 6.07) is 22.6. The number of nitrogens with zero attached hydrogens (tertiary/aromatic N) is 1. The molecular weight excluding hydrogens is 452 g/mol. The van der Waals surface area contributed by atoms with Crippen LogP contribution in [0.2, 0.25) is 0 Å². The Labute approximate surface area is 199 Å². The zero-order valence-corrected chi connectivity index (χ0v) is 19.0. The fourth-order valence-corrected chi connectivity index (χ4v) is 5.11. The molecule has 0 aliphatic carbocycles. The summed E-state index contributed by atoms with van der Waals surface area (Å²) in [6.45, 7) is 1.52. The van der Waals surface area contributed by atoms with E-state index in [0.717, 1.165) is 18.8 Å². The molecule has 0 spiro atoms. The van der Waals surface area contributed by atoms with E-state index >= 15 is 0 Å². The largest absolute Gasteiger partial charge is 0.481 e. The lowest BCUT2D eigenvalue weighted by atomic mass is 10.1. The van der Waals surface area contributed by atoms with E-state index in [-0.39, 0.29) is 12.3 Å².